The molecule has 182 valence electrons. The highest BCUT2D eigenvalue weighted by atomic mass is 16.5. The molecule has 0 aromatic heterocycles. The summed E-state index contributed by atoms with van der Waals surface area (Å²) in [6.07, 6.45) is 2.60. The zero-order chi connectivity index (χ0) is 24.3. The summed E-state index contributed by atoms with van der Waals surface area (Å²) in [5, 5.41) is 0. The molecule has 0 saturated carbocycles. The van der Waals surface area contributed by atoms with Crippen molar-refractivity contribution in [1.82, 2.24) is 4.90 Å². The summed E-state index contributed by atoms with van der Waals surface area (Å²) in [5.41, 5.74) is 2.10. The average molecular weight is 468 g/mol. The summed E-state index contributed by atoms with van der Waals surface area (Å²) in [6.45, 7) is 5.68. The molecule has 4 rings (SSSR count). The van der Waals surface area contributed by atoms with E-state index in [1.54, 1.807) is 26.4 Å². The van der Waals surface area contributed by atoms with Crippen molar-refractivity contribution >= 4 is 11.7 Å². The third-order valence-electron chi connectivity index (χ3n) is 6.82. The van der Waals surface area contributed by atoms with Gasteiger partial charge >= 0.3 is 0 Å². The van der Waals surface area contributed by atoms with Gasteiger partial charge in [-0.3, -0.25) is 9.59 Å². The largest absolute Gasteiger partial charge is 0.493 e. The van der Waals surface area contributed by atoms with Gasteiger partial charge < -0.3 is 23.8 Å². The number of fused-ring (bicyclic) bond motifs is 1. The van der Waals surface area contributed by atoms with Crippen molar-refractivity contribution < 1.29 is 28.5 Å². The molecule has 0 radical (unpaired) electrons. The van der Waals surface area contributed by atoms with Gasteiger partial charge in [0.1, 0.15) is 11.4 Å². The van der Waals surface area contributed by atoms with Gasteiger partial charge in [-0.25, -0.2) is 0 Å². The molecule has 0 aliphatic carbocycles. The predicted octanol–water partition coefficient (Wildman–Crippen LogP) is 4.51. The quantitative estimate of drug-likeness (QED) is 0.558. The van der Waals surface area contributed by atoms with Crippen molar-refractivity contribution in [2.24, 2.45) is 0 Å². The number of hydrogen-bond acceptors (Lipinski definition) is 6. The lowest BCUT2D eigenvalue weighted by Gasteiger charge is -2.44. The highest BCUT2D eigenvalue weighted by molar-refractivity contribution is 6.01. The highest BCUT2D eigenvalue weighted by Crippen LogP contribution is 2.47. The Bertz CT molecular complexity index is 1050. The van der Waals surface area contributed by atoms with E-state index in [1.807, 2.05) is 36.9 Å². The molecular formula is C27H33NO6. The summed E-state index contributed by atoms with van der Waals surface area (Å²) in [6, 6.07) is 9.52. The SMILES string of the molecule is COc1ccc2c(c1OC)OC1(CCN(C(=O)CCCOc3c(C)cccc3C)CC1)CC2=O. The summed E-state index contributed by atoms with van der Waals surface area (Å²) in [4.78, 5) is 27.6. The van der Waals surface area contributed by atoms with Gasteiger partial charge in [-0.2, -0.15) is 0 Å². The predicted molar refractivity (Wildman–Crippen MR) is 128 cm³/mol. The first-order valence-electron chi connectivity index (χ1n) is 11.8. The van der Waals surface area contributed by atoms with Crippen LogP contribution in [-0.4, -0.2) is 56.1 Å². The first-order chi connectivity index (χ1) is 16.4. The fraction of sp³-hybridized carbons (Fsp3) is 0.481. The fourth-order valence-corrected chi connectivity index (χ4v) is 4.89. The number of ether oxygens (including phenoxy) is 4. The first kappa shape index (κ1) is 23.9. The van der Waals surface area contributed by atoms with Gasteiger partial charge in [0.15, 0.2) is 17.3 Å². The smallest absolute Gasteiger partial charge is 0.222 e. The van der Waals surface area contributed by atoms with E-state index in [0.29, 0.717) is 74.6 Å². The van der Waals surface area contributed by atoms with E-state index >= 15 is 0 Å². The van der Waals surface area contributed by atoms with Crippen LogP contribution in [0.2, 0.25) is 0 Å². The maximum absolute atomic E-state index is 12.9. The van der Waals surface area contributed by atoms with E-state index in [1.165, 1.54) is 0 Å². The number of hydrogen-bond donors (Lipinski definition) is 0. The lowest BCUT2D eigenvalue weighted by molar-refractivity contribution is -0.135. The van der Waals surface area contributed by atoms with E-state index in [0.717, 1.165) is 16.9 Å². The molecule has 1 spiro atoms. The first-order valence-corrected chi connectivity index (χ1v) is 11.8. The van der Waals surface area contributed by atoms with Crippen LogP contribution >= 0.6 is 0 Å². The number of rotatable bonds is 7. The lowest BCUT2D eigenvalue weighted by atomic mass is 9.82. The van der Waals surface area contributed by atoms with Crippen LogP contribution in [0.15, 0.2) is 30.3 Å². The third kappa shape index (κ3) is 4.69. The number of amides is 1. The fourth-order valence-electron chi connectivity index (χ4n) is 4.89. The number of aryl methyl sites for hydroxylation is 2. The van der Waals surface area contributed by atoms with Gasteiger partial charge in [0.2, 0.25) is 11.7 Å². The van der Waals surface area contributed by atoms with Crippen molar-refractivity contribution in [1.29, 1.82) is 0 Å². The molecule has 0 bridgehead atoms. The minimum absolute atomic E-state index is 0.0330. The third-order valence-corrected chi connectivity index (χ3v) is 6.82. The van der Waals surface area contributed by atoms with Crippen LogP contribution in [0.25, 0.3) is 0 Å². The Morgan fingerprint density at radius 1 is 1.03 bits per heavy atom. The number of benzene rings is 2. The van der Waals surface area contributed by atoms with E-state index in [9.17, 15) is 9.59 Å². The summed E-state index contributed by atoms with van der Waals surface area (Å²) < 4.78 is 23.2. The topological polar surface area (TPSA) is 74.3 Å². The molecule has 7 heteroatoms. The number of para-hydroxylation sites is 1. The second kappa shape index (κ2) is 9.95. The Labute approximate surface area is 200 Å². The molecular weight excluding hydrogens is 434 g/mol. The molecule has 7 nitrogen and oxygen atoms in total. The Morgan fingerprint density at radius 2 is 1.74 bits per heavy atom. The molecule has 1 saturated heterocycles. The van der Waals surface area contributed by atoms with Crippen molar-refractivity contribution in [2.75, 3.05) is 33.9 Å². The van der Waals surface area contributed by atoms with Gasteiger partial charge in [0, 0.05) is 32.4 Å². The molecule has 2 aliphatic rings. The number of Topliss-reactive ketones (excluding diaryl/α,β-unsaturated/α-hetero) is 1. The number of nitrogens with zero attached hydrogens (tertiary/aromatic N) is 1. The molecule has 1 fully saturated rings. The van der Waals surface area contributed by atoms with Gasteiger partial charge in [-0.15, -0.1) is 0 Å². The lowest BCUT2D eigenvalue weighted by Crippen LogP contribution is -2.52. The molecule has 1 amide bonds. The van der Waals surface area contributed by atoms with Gasteiger partial charge in [0.25, 0.3) is 0 Å². The number of carbonyl (C=O) groups is 2. The number of carbonyl (C=O) groups excluding carboxylic acids is 2. The molecule has 2 aliphatic heterocycles. The number of piperidine rings is 1. The maximum atomic E-state index is 12.9. The second-order valence-corrected chi connectivity index (χ2v) is 9.12. The minimum atomic E-state index is -0.619. The van der Waals surface area contributed by atoms with E-state index in [4.69, 9.17) is 18.9 Å². The summed E-state index contributed by atoms with van der Waals surface area (Å²) in [7, 11) is 3.10. The van der Waals surface area contributed by atoms with Crippen LogP contribution in [0.3, 0.4) is 0 Å². The van der Waals surface area contributed by atoms with Crippen LogP contribution < -0.4 is 18.9 Å². The van der Waals surface area contributed by atoms with Gasteiger partial charge in [-0.05, 0) is 43.5 Å². The van der Waals surface area contributed by atoms with E-state index < -0.39 is 5.60 Å². The zero-order valence-corrected chi connectivity index (χ0v) is 20.4. The number of methoxy groups -OCH3 is 2. The Morgan fingerprint density at radius 3 is 2.38 bits per heavy atom. The van der Waals surface area contributed by atoms with Crippen molar-refractivity contribution in [3.8, 4) is 23.0 Å². The minimum Gasteiger partial charge on any atom is -0.493 e. The Kier molecular flexibility index (Phi) is 7.00. The van der Waals surface area contributed by atoms with E-state index in [-0.39, 0.29) is 11.7 Å². The van der Waals surface area contributed by atoms with Crippen LogP contribution in [0, 0.1) is 13.8 Å². The molecule has 0 atom stereocenters. The summed E-state index contributed by atoms with van der Waals surface area (Å²) in [5.74, 6) is 2.46. The summed E-state index contributed by atoms with van der Waals surface area (Å²) >= 11 is 0. The van der Waals surface area contributed by atoms with Crippen molar-refractivity contribution in [2.45, 2.75) is 51.6 Å². The normalized spacial score (nSPS) is 16.6. The zero-order valence-electron chi connectivity index (χ0n) is 20.4. The van der Waals surface area contributed by atoms with Crippen LogP contribution in [0.5, 0.6) is 23.0 Å². The second-order valence-electron chi connectivity index (χ2n) is 9.12. The standard InChI is InChI=1S/C27H33NO6/c1-18-7-5-8-19(2)24(18)33-16-6-9-23(30)28-14-12-27(13-15-28)17-21(29)20-10-11-22(31-3)26(32-4)25(20)34-27/h5,7-8,10-11H,6,9,12-17H2,1-4H3. The molecule has 0 N–H and O–H groups in total. The monoisotopic (exact) mass is 467 g/mol. The van der Waals surface area contributed by atoms with Crippen LogP contribution in [-0.2, 0) is 4.79 Å². The average Bonchev–Trinajstić information content (AvgIpc) is 2.82. The van der Waals surface area contributed by atoms with Gasteiger partial charge in [0.05, 0.1) is 32.8 Å². The van der Waals surface area contributed by atoms with Crippen LogP contribution in [0.1, 0.15) is 53.6 Å². The highest BCUT2D eigenvalue weighted by Gasteiger charge is 2.45. The van der Waals surface area contributed by atoms with Gasteiger partial charge in [-0.1, -0.05) is 18.2 Å². The molecule has 2 aromatic carbocycles. The van der Waals surface area contributed by atoms with Crippen molar-refractivity contribution in [3.05, 3.63) is 47.0 Å². The van der Waals surface area contributed by atoms with Crippen molar-refractivity contribution in [3.63, 3.8) is 0 Å². The molecule has 2 heterocycles. The maximum Gasteiger partial charge on any atom is 0.222 e. The Hall–Kier alpha value is -3.22. The number of ketones is 1. The van der Waals surface area contributed by atoms with Crippen LogP contribution in [0.4, 0.5) is 0 Å². The Balaban J connectivity index is 1.32. The molecule has 34 heavy (non-hydrogen) atoms. The molecule has 0 unspecified atom stereocenters. The van der Waals surface area contributed by atoms with E-state index in [2.05, 4.69) is 0 Å². The number of likely N-dealkylation sites (tertiary alicyclic amines) is 1. The molecule has 2 aromatic rings.